The van der Waals surface area contributed by atoms with Crippen molar-refractivity contribution in [3.8, 4) is 11.3 Å². The van der Waals surface area contributed by atoms with Gasteiger partial charge in [-0.15, -0.1) is 23.1 Å². The van der Waals surface area contributed by atoms with Crippen LogP contribution in [-0.4, -0.2) is 42.6 Å². The van der Waals surface area contributed by atoms with Crippen LogP contribution in [0.25, 0.3) is 17.3 Å². The quantitative estimate of drug-likeness (QED) is 0.0945. The van der Waals surface area contributed by atoms with Gasteiger partial charge in [0.25, 0.3) is 11.8 Å². The summed E-state index contributed by atoms with van der Waals surface area (Å²) in [5.74, 6) is -1.00. The van der Waals surface area contributed by atoms with E-state index in [-0.39, 0.29) is 17.4 Å². The van der Waals surface area contributed by atoms with Crippen molar-refractivity contribution < 1.29 is 14.4 Å². The van der Waals surface area contributed by atoms with Crippen LogP contribution in [0.5, 0.6) is 0 Å². The highest BCUT2D eigenvalue weighted by Gasteiger charge is 2.16. The molecule has 0 radical (unpaired) electrons. The molecule has 5 aromatic rings. The van der Waals surface area contributed by atoms with Crippen molar-refractivity contribution in [1.29, 1.82) is 0 Å². The van der Waals surface area contributed by atoms with E-state index in [0.717, 1.165) is 21.7 Å². The molecule has 5 rings (SSSR count). The Morgan fingerprint density at radius 3 is 2.36 bits per heavy atom. The first-order valence-corrected chi connectivity index (χ1v) is 16.9. The van der Waals surface area contributed by atoms with Crippen LogP contribution >= 0.6 is 46.3 Å². The number of aromatic nitrogens is 1. The molecule has 1 aromatic heterocycles. The van der Waals surface area contributed by atoms with Crippen molar-refractivity contribution in [3.63, 3.8) is 0 Å². The van der Waals surface area contributed by atoms with Gasteiger partial charge in [-0.1, -0.05) is 65.7 Å². The van der Waals surface area contributed by atoms with Crippen molar-refractivity contribution in [2.24, 2.45) is 0 Å². The zero-order valence-corrected chi connectivity index (χ0v) is 28.4. The molecule has 0 bridgehead atoms. The SMILES string of the molecule is CN(C)c1ccc(/C=C(/NC(=O)c2ccccc2)C(=O)Nc2cccc(SCC(=O)Nc3nc(-c4ccc(Cl)c(Cl)c4)cs3)c2)cc1. The second-order valence-corrected chi connectivity index (χ2v) is 13.1. The monoisotopic (exact) mass is 701 g/mol. The average molecular weight is 703 g/mol. The normalized spacial score (nSPS) is 11.1. The third kappa shape index (κ3) is 9.46. The number of nitrogens with one attached hydrogen (secondary N) is 3. The van der Waals surface area contributed by atoms with Gasteiger partial charge in [-0.3, -0.25) is 14.4 Å². The van der Waals surface area contributed by atoms with Gasteiger partial charge in [-0.25, -0.2) is 4.98 Å². The van der Waals surface area contributed by atoms with E-state index >= 15 is 0 Å². The molecular formula is C35H29Cl2N5O3S2. The molecule has 0 aliphatic rings. The number of thiazole rings is 1. The molecule has 0 aliphatic heterocycles. The minimum absolute atomic E-state index is 0.0811. The van der Waals surface area contributed by atoms with E-state index in [1.165, 1.54) is 23.1 Å². The number of nitrogens with zero attached hydrogens (tertiary/aromatic N) is 2. The summed E-state index contributed by atoms with van der Waals surface area (Å²) >= 11 is 14.8. The number of hydrogen-bond donors (Lipinski definition) is 3. The first-order chi connectivity index (χ1) is 22.6. The number of carbonyl (C=O) groups is 3. The van der Waals surface area contributed by atoms with E-state index in [2.05, 4.69) is 20.9 Å². The van der Waals surface area contributed by atoms with E-state index < -0.39 is 11.8 Å². The van der Waals surface area contributed by atoms with Crippen molar-refractivity contribution in [3.05, 3.63) is 129 Å². The van der Waals surface area contributed by atoms with Crippen LogP contribution in [0.4, 0.5) is 16.5 Å². The largest absolute Gasteiger partial charge is 0.378 e. The molecule has 47 heavy (non-hydrogen) atoms. The van der Waals surface area contributed by atoms with E-state index in [0.29, 0.717) is 32.1 Å². The number of carbonyl (C=O) groups excluding carboxylic acids is 3. The molecule has 0 unspecified atom stereocenters. The summed E-state index contributed by atoms with van der Waals surface area (Å²) < 4.78 is 0. The zero-order chi connectivity index (χ0) is 33.3. The first kappa shape index (κ1) is 33.7. The van der Waals surface area contributed by atoms with Crippen molar-refractivity contribution >= 4 is 86.6 Å². The standard InChI is InChI=1S/C35H29Cl2N5O3S2/c1-42(2)26-14-11-22(12-15-26)17-30(39-33(44)23-7-4-3-5-8-23)34(45)38-25-9-6-10-27(19-25)46-21-32(43)41-35-40-31(20-47-35)24-13-16-28(36)29(37)18-24/h3-20H,21H2,1-2H3,(H,38,45)(H,39,44)(H,40,41,43)/b30-17+. The van der Waals surface area contributed by atoms with Gasteiger partial charge in [0, 0.05) is 46.9 Å². The van der Waals surface area contributed by atoms with E-state index in [1.54, 1.807) is 60.7 Å². The molecule has 12 heteroatoms. The Balaban J connectivity index is 1.23. The van der Waals surface area contributed by atoms with Gasteiger partial charge >= 0.3 is 0 Å². The Hall–Kier alpha value is -4.61. The predicted molar refractivity (Wildman–Crippen MR) is 195 cm³/mol. The summed E-state index contributed by atoms with van der Waals surface area (Å²) in [6.45, 7) is 0. The van der Waals surface area contributed by atoms with Gasteiger partial charge < -0.3 is 20.9 Å². The van der Waals surface area contributed by atoms with Crippen LogP contribution < -0.4 is 20.9 Å². The molecule has 4 aromatic carbocycles. The van der Waals surface area contributed by atoms with E-state index in [1.807, 2.05) is 66.8 Å². The number of benzene rings is 4. The fourth-order valence-electron chi connectivity index (χ4n) is 4.26. The van der Waals surface area contributed by atoms with Crippen LogP contribution in [0.2, 0.25) is 10.0 Å². The minimum atomic E-state index is -0.493. The Morgan fingerprint density at radius 1 is 0.872 bits per heavy atom. The maximum absolute atomic E-state index is 13.5. The van der Waals surface area contributed by atoms with Crippen molar-refractivity contribution in [1.82, 2.24) is 10.3 Å². The van der Waals surface area contributed by atoms with Crippen molar-refractivity contribution in [2.45, 2.75) is 4.90 Å². The third-order valence-electron chi connectivity index (χ3n) is 6.68. The van der Waals surface area contributed by atoms with Crippen LogP contribution in [0, 0.1) is 0 Å². The molecule has 8 nitrogen and oxygen atoms in total. The van der Waals surface area contributed by atoms with Crippen LogP contribution in [0.3, 0.4) is 0 Å². The number of hydrogen-bond acceptors (Lipinski definition) is 7. The van der Waals surface area contributed by atoms with Crippen molar-refractivity contribution in [2.75, 3.05) is 35.4 Å². The molecule has 0 fully saturated rings. The molecule has 0 saturated carbocycles. The average Bonchev–Trinajstić information content (AvgIpc) is 3.54. The van der Waals surface area contributed by atoms with Gasteiger partial charge in [0.1, 0.15) is 5.70 Å². The lowest BCUT2D eigenvalue weighted by Gasteiger charge is -2.14. The van der Waals surface area contributed by atoms with Crippen LogP contribution in [-0.2, 0) is 9.59 Å². The Bertz CT molecular complexity index is 1930. The lowest BCUT2D eigenvalue weighted by atomic mass is 10.1. The van der Waals surface area contributed by atoms with Gasteiger partial charge in [0.2, 0.25) is 5.91 Å². The summed E-state index contributed by atoms with van der Waals surface area (Å²) in [5.41, 5.74) is 4.24. The number of rotatable bonds is 11. The highest BCUT2D eigenvalue weighted by molar-refractivity contribution is 8.00. The van der Waals surface area contributed by atoms with E-state index in [9.17, 15) is 14.4 Å². The highest BCUT2D eigenvalue weighted by atomic mass is 35.5. The van der Waals surface area contributed by atoms with Gasteiger partial charge in [0.15, 0.2) is 5.13 Å². The summed E-state index contributed by atoms with van der Waals surface area (Å²) in [7, 11) is 3.89. The molecule has 1 heterocycles. The fraction of sp³-hybridized carbons (Fsp3) is 0.0857. The topological polar surface area (TPSA) is 103 Å². The minimum Gasteiger partial charge on any atom is -0.378 e. The maximum Gasteiger partial charge on any atom is 0.272 e. The maximum atomic E-state index is 13.5. The second kappa shape index (κ2) is 15.8. The van der Waals surface area contributed by atoms with Gasteiger partial charge in [-0.2, -0.15) is 0 Å². The number of halogens is 2. The van der Waals surface area contributed by atoms with E-state index in [4.69, 9.17) is 23.2 Å². The molecule has 0 saturated heterocycles. The molecule has 0 atom stereocenters. The molecule has 0 spiro atoms. The molecule has 3 N–H and O–H groups in total. The first-order valence-electron chi connectivity index (χ1n) is 14.2. The number of thioether (sulfide) groups is 1. The Kier molecular flexibility index (Phi) is 11.3. The fourth-order valence-corrected chi connectivity index (χ4v) is 6.05. The highest BCUT2D eigenvalue weighted by Crippen LogP contribution is 2.31. The molecule has 238 valence electrons. The van der Waals surface area contributed by atoms with Crippen LogP contribution in [0.1, 0.15) is 15.9 Å². The lowest BCUT2D eigenvalue weighted by molar-refractivity contribution is -0.114. The molecule has 3 amide bonds. The second-order valence-electron chi connectivity index (χ2n) is 10.3. The lowest BCUT2D eigenvalue weighted by Crippen LogP contribution is -2.30. The molecular weight excluding hydrogens is 673 g/mol. The van der Waals surface area contributed by atoms with Gasteiger partial charge in [0.05, 0.1) is 21.5 Å². The van der Waals surface area contributed by atoms with Crippen LogP contribution in [0.15, 0.2) is 113 Å². The summed E-state index contributed by atoms with van der Waals surface area (Å²) in [5, 5.41) is 11.6. The number of amides is 3. The molecule has 0 aliphatic carbocycles. The Labute approximate surface area is 290 Å². The predicted octanol–water partition coefficient (Wildman–Crippen LogP) is 8.32. The third-order valence-corrected chi connectivity index (χ3v) is 9.17. The smallest absolute Gasteiger partial charge is 0.272 e. The zero-order valence-electron chi connectivity index (χ0n) is 25.3. The summed E-state index contributed by atoms with van der Waals surface area (Å²) in [6, 6.07) is 28.7. The summed E-state index contributed by atoms with van der Waals surface area (Å²) in [6.07, 6.45) is 1.63. The summed E-state index contributed by atoms with van der Waals surface area (Å²) in [4.78, 5) is 46.4. The number of anilines is 3. The van der Waals surface area contributed by atoms with Gasteiger partial charge in [-0.05, 0) is 66.2 Å². The Morgan fingerprint density at radius 2 is 1.64 bits per heavy atom.